The highest BCUT2D eigenvalue weighted by Crippen LogP contribution is 2.19. The Morgan fingerprint density at radius 3 is 2.77 bits per heavy atom. The number of ether oxygens (including phenoxy) is 2. The molecular formula is C17H26N2O3. The second kappa shape index (κ2) is 8.15. The Morgan fingerprint density at radius 2 is 2.18 bits per heavy atom. The molecule has 0 aliphatic carbocycles. The van der Waals surface area contributed by atoms with E-state index in [4.69, 9.17) is 15.2 Å². The van der Waals surface area contributed by atoms with Crippen molar-refractivity contribution in [2.24, 2.45) is 11.7 Å². The number of carbonyl (C=O) groups is 1. The van der Waals surface area contributed by atoms with E-state index in [2.05, 4.69) is 5.32 Å². The van der Waals surface area contributed by atoms with Crippen LogP contribution in [-0.2, 0) is 9.53 Å². The van der Waals surface area contributed by atoms with Gasteiger partial charge in [0.25, 0.3) is 0 Å². The molecule has 1 aliphatic rings. The molecule has 1 amide bonds. The maximum absolute atomic E-state index is 12.0. The fourth-order valence-electron chi connectivity index (χ4n) is 2.34. The van der Waals surface area contributed by atoms with Gasteiger partial charge in [0.05, 0.1) is 12.1 Å². The van der Waals surface area contributed by atoms with E-state index >= 15 is 0 Å². The molecule has 5 nitrogen and oxygen atoms in total. The lowest BCUT2D eigenvalue weighted by Gasteiger charge is -2.18. The predicted octanol–water partition coefficient (Wildman–Crippen LogP) is 2.56. The first-order chi connectivity index (χ1) is 10.6. The minimum Gasteiger partial charge on any atom is -0.491 e. The first-order valence-electron chi connectivity index (χ1n) is 8.01. The van der Waals surface area contributed by atoms with Crippen LogP contribution in [0.5, 0.6) is 5.75 Å². The van der Waals surface area contributed by atoms with Crippen molar-refractivity contribution < 1.29 is 14.3 Å². The average Bonchev–Trinajstić information content (AvgIpc) is 3.06. The second-order valence-electron chi connectivity index (χ2n) is 5.87. The minimum atomic E-state index is -0.486. The van der Waals surface area contributed by atoms with E-state index in [-0.39, 0.29) is 17.9 Å². The summed E-state index contributed by atoms with van der Waals surface area (Å²) in [5.41, 5.74) is 6.65. The van der Waals surface area contributed by atoms with Crippen molar-refractivity contribution in [3.05, 3.63) is 24.3 Å². The molecule has 1 saturated heterocycles. The topological polar surface area (TPSA) is 73.6 Å². The van der Waals surface area contributed by atoms with Gasteiger partial charge in [-0.1, -0.05) is 20.3 Å². The molecule has 1 aliphatic heterocycles. The van der Waals surface area contributed by atoms with E-state index in [0.29, 0.717) is 6.61 Å². The number of hydrogen-bond acceptors (Lipinski definition) is 4. The average molecular weight is 306 g/mol. The van der Waals surface area contributed by atoms with E-state index in [1.165, 1.54) is 0 Å². The fraction of sp³-hybridized carbons (Fsp3) is 0.588. The SMILES string of the molecule is CCC(C)C(N)C(=O)Nc1ccc(OCC2CCCO2)cc1. The van der Waals surface area contributed by atoms with Crippen molar-refractivity contribution in [2.75, 3.05) is 18.5 Å². The van der Waals surface area contributed by atoms with Crippen molar-refractivity contribution in [3.8, 4) is 5.75 Å². The van der Waals surface area contributed by atoms with E-state index < -0.39 is 6.04 Å². The zero-order valence-corrected chi connectivity index (χ0v) is 13.4. The van der Waals surface area contributed by atoms with Crippen LogP contribution < -0.4 is 15.8 Å². The number of amides is 1. The van der Waals surface area contributed by atoms with Crippen molar-refractivity contribution in [1.29, 1.82) is 0 Å². The van der Waals surface area contributed by atoms with Gasteiger partial charge in [0, 0.05) is 12.3 Å². The molecule has 1 fully saturated rings. The van der Waals surface area contributed by atoms with Gasteiger partial charge in [-0.15, -0.1) is 0 Å². The lowest BCUT2D eigenvalue weighted by atomic mass is 9.99. The van der Waals surface area contributed by atoms with Gasteiger partial charge in [0.15, 0.2) is 0 Å². The monoisotopic (exact) mass is 306 g/mol. The molecule has 0 bridgehead atoms. The van der Waals surface area contributed by atoms with Crippen LogP contribution >= 0.6 is 0 Å². The largest absolute Gasteiger partial charge is 0.491 e. The fourth-order valence-corrected chi connectivity index (χ4v) is 2.34. The first kappa shape index (κ1) is 16.8. The third-order valence-corrected chi connectivity index (χ3v) is 4.14. The number of rotatable bonds is 7. The summed E-state index contributed by atoms with van der Waals surface area (Å²) in [6.45, 7) is 5.41. The predicted molar refractivity (Wildman–Crippen MR) is 87.0 cm³/mol. The van der Waals surface area contributed by atoms with Crippen LogP contribution in [0.2, 0.25) is 0 Å². The molecular weight excluding hydrogens is 280 g/mol. The lowest BCUT2D eigenvalue weighted by Crippen LogP contribution is -2.40. The second-order valence-corrected chi connectivity index (χ2v) is 5.87. The van der Waals surface area contributed by atoms with Crippen molar-refractivity contribution in [2.45, 2.75) is 45.3 Å². The standard InChI is InChI=1S/C17H26N2O3/c1-3-12(2)16(18)17(20)19-13-6-8-14(9-7-13)22-11-15-5-4-10-21-15/h6-9,12,15-16H,3-5,10-11,18H2,1-2H3,(H,19,20). The molecule has 122 valence electrons. The number of carbonyl (C=O) groups excluding carboxylic acids is 1. The number of anilines is 1. The van der Waals surface area contributed by atoms with E-state index in [9.17, 15) is 4.79 Å². The van der Waals surface area contributed by atoms with Gasteiger partial charge in [-0.05, 0) is 43.0 Å². The Labute approximate surface area is 132 Å². The molecule has 3 atom stereocenters. The summed E-state index contributed by atoms with van der Waals surface area (Å²) >= 11 is 0. The maximum atomic E-state index is 12.0. The Kier molecular flexibility index (Phi) is 6.21. The minimum absolute atomic E-state index is 0.151. The van der Waals surface area contributed by atoms with E-state index in [1.807, 2.05) is 38.1 Å². The lowest BCUT2D eigenvalue weighted by molar-refractivity contribution is -0.118. The molecule has 1 heterocycles. The van der Waals surface area contributed by atoms with Gasteiger partial charge >= 0.3 is 0 Å². The van der Waals surface area contributed by atoms with Crippen molar-refractivity contribution >= 4 is 11.6 Å². The third-order valence-electron chi connectivity index (χ3n) is 4.14. The Hall–Kier alpha value is -1.59. The maximum Gasteiger partial charge on any atom is 0.241 e. The summed E-state index contributed by atoms with van der Waals surface area (Å²) in [6, 6.07) is 6.86. The van der Waals surface area contributed by atoms with Gasteiger partial charge in [-0.3, -0.25) is 4.79 Å². The van der Waals surface area contributed by atoms with Crippen molar-refractivity contribution in [1.82, 2.24) is 0 Å². The van der Waals surface area contributed by atoms with Gasteiger partial charge in [0.2, 0.25) is 5.91 Å². The van der Waals surface area contributed by atoms with Crippen LogP contribution in [0.25, 0.3) is 0 Å². The number of hydrogen-bond donors (Lipinski definition) is 2. The summed E-state index contributed by atoms with van der Waals surface area (Å²) in [7, 11) is 0. The van der Waals surface area contributed by atoms with Crippen LogP contribution in [0.4, 0.5) is 5.69 Å². The molecule has 1 aromatic rings. The van der Waals surface area contributed by atoms with Crippen LogP contribution in [-0.4, -0.2) is 31.3 Å². The summed E-state index contributed by atoms with van der Waals surface area (Å²) in [5.74, 6) is 0.788. The molecule has 5 heteroatoms. The van der Waals surface area contributed by atoms with Gasteiger partial charge in [-0.25, -0.2) is 0 Å². The van der Waals surface area contributed by atoms with Crippen LogP contribution in [0.15, 0.2) is 24.3 Å². The number of benzene rings is 1. The zero-order chi connectivity index (χ0) is 15.9. The Balaban J connectivity index is 1.82. The van der Waals surface area contributed by atoms with Gasteiger partial charge in [0.1, 0.15) is 12.4 Å². The molecule has 3 N–H and O–H groups in total. The molecule has 0 saturated carbocycles. The van der Waals surface area contributed by atoms with Gasteiger partial charge < -0.3 is 20.5 Å². The van der Waals surface area contributed by atoms with Crippen LogP contribution in [0.1, 0.15) is 33.1 Å². The summed E-state index contributed by atoms with van der Waals surface area (Å²) in [6.07, 6.45) is 3.25. The van der Waals surface area contributed by atoms with Gasteiger partial charge in [-0.2, -0.15) is 0 Å². The normalized spacial score (nSPS) is 20.4. The number of nitrogens with two attached hydrogens (primary N) is 1. The van der Waals surface area contributed by atoms with E-state index in [0.717, 1.165) is 37.3 Å². The molecule has 0 spiro atoms. The molecule has 0 radical (unpaired) electrons. The molecule has 2 rings (SSSR count). The third kappa shape index (κ3) is 4.71. The summed E-state index contributed by atoms with van der Waals surface area (Å²) < 4.78 is 11.2. The Morgan fingerprint density at radius 1 is 1.45 bits per heavy atom. The smallest absolute Gasteiger partial charge is 0.241 e. The highest BCUT2D eigenvalue weighted by molar-refractivity contribution is 5.94. The quantitative estimate of drug-likeness (QED) is 0.812. The summed E-state index contributed by atoms with van der Waals surface area (Å²) in [4.78, 5) is 12.0. The first-order valence-corrected chi connectivity index (χ1v) is 8.01. The molecule has 1 aromatic carbocycles. The van der Waals surface area contributed by atoms with Crippen LogP contribution in [0, 0.1) is 5.92 Å². The molecule has 22 heavy (non-hydrogen) atoms. The van der Waals surface area contributed by atoms with Crippen molar-refractivity contribution in [3.63, 3.8) is 0 Å². The highest BCUT2D eigenvalue weighted by atomic mass is 16.5. The van der Waals surface area contributed by atoms with Crippen LogP contribution in [0.3, 0.4) is 0 Å². The molecule has 0 aromatic heterocycles. The highest BCUT2D eigenvalue weighted by Gasteiger charge is 2.19. The molecule has 3 unspecified atom stereocenters. The zero-order valence-electron chi connectivity index (χ0n) is 13.4. The number of nitrogens with one attached hydrogen (secondary N) is 1. The Bertz CT molecular complexity index is 469. The summed E-state index contributed by atoms with van der Waals surface area (Å²) in [5, 5.41) is 2.84. The van der Waals surface area contributed by atoms with E-state index in [1.54, 1.807) is 0 Å².